The lowest BCUT2D eigenvalue weighted by molar-refractivity contribution is 0.427. The summed E-state index contributed by atoms with van der Waals surface area (Å²) < 4.78 is 7.47. The molecule has 1 aromatic carbocycles. The first-order valence-electron chi connectivity index (χ1n) is 3.64. The predicted octanol–water partition coefficient (Wildman–Crippen LogP) is 4.17. The van der Waals surface area contributed by atoms with E-state index in [4.69, 9.17) is 16.3 Å². The summed E-state index contributed by atoms with van der Waals surface area (Å²) >= 11 is 9.93. The summed E-state index contributed by atoms with van der Waals surface area (Å²) in [7, 11) is 1.67. The lowest BCUT2D eigenvalue weighted by Gasteiger charge is -1.94. The molecular formula is C9H6ClIOS. The van der Waals surface area contributed by atoms with Crippen LogP contribution in [0.5, 0.6) is 5.06 Å². The van der Waals surface area contributed by atoms with Gasteiger partial charge in [-0.3, -0.25) is 0 Å². The van der Waals surface area contributed by atoms with Gasteiger partial charge in [-0.15, -0.1) is 0 Å². The molecule has 1 nitrogen and oxygen atoms in total. The molecule has 0 N–H and O–H groups in total. The summed E-state index contributed by atoms with van der Waals surface area (Å²) in [4.78, 5) is 0. The van der Waals surface area contributed by atoms with E-state index in [0.29, 0.717) is 0 Å². The number of rotatable bonds is 1. The quantitative estimate of drug-likeness (QED) is 0.716. The van der Waals surface area contributed by atoms with Gasteiger partial charge in [-0.25, -0.2) is 0 Å². The fourth-order valence-electron chi connectivity index (χ4n) is 1.14. The molecule has 13 heavy (non-hydrogen) atoms. The van der Waals surface area contributed by atoms with E-state index in [1.165, 1.54) is 8.96 Å². The van der Waals surface area contributed by atoms with Crippen LogP contribution < -0.4 is 4.74 Å². The van der Waals surface area contributed by atoms with Gasteiger partial charge >= 0.3 is 0 Å². The Kier molecular flexibility index (Phi) is 2.67. The molecule has 0 saturated carbocycles. The van der Waals surface area contributed by atoms with Gasteiger partial charge < -0.3 is 4.74 Å². The second-order valence-corrected chi connectivity index (χ2v) is 5.13. The maximum Gasteiger partial charge on any atom is 0.174 e. The van der Waals surface area contributed by atoms with Crippen LogP contribution >= 0.6 is 45.5 Å². The molecule has 2 aromatic rings. The summed E-state index contributed by atoms with van der Waals surface area (Å²) in [5, 5.41) is 2.87. The van der Waals surface area contributed by atoms with Crippen molar-refractivity contribution < 1.29 is 4.74 Å². The Hall–Kier alpha value is -0.000000000000000139. The molecule has 0 aliphatic rings. The van der Waals surface area contributed by atoms with E-state index < -0.39 is 0 Å². The van der Waals surface area contributed by atoms with Gasteiger partial charge in [0.25, 0.3) is 0 Å². The van der Waals surface area contributed by atoms with E-state index in [1.54, 1.807) is 18.4 Å². The molecule has 4 heteroatoms. The summed E-state index contributed by atoms with van der Waals surface area (Å²) in [6, 6.07) is 5.95. The Balaban J connectivity index is 2.80. The fraction of sp³-hybridized carbons (Fsp3) is 0.111. The number of halogens is 2. The minimum absolute atomic E-state index is 0.795. The molecule has 0 unspecified atom stereocenters. The molecule has 0 spiro atoms. The maximum atomic E-state index is 6.05. The van der Waals surface area contributed by atoms with Crippen molar-refractivity contribution in [1.82, 2.24) is 0 Å². The molecule has 0 amide bonds. The molecule has 1 aromatic heterocycles. The van der Waals surface area contributed by atoms with E-state index in [0.717, 1.165) is 14.8 Å². The summed E-state index contributed by atoms with van der Waals surface area (Å²) in [6.45, 7) is 0. The molecule has 0 aliphatic carbocycles. The zero-order chi connectivity index (χ0) is 9.42. The molecule has 2 rings (SSSR count). The van der Waals surface area contributed by atoms with Gasteiger partial charge in [0.2, 0.25) is 0 Å². The Morgan fingerprint density at radius 2 is 2.23 bits per heavy atom. The highest BCUT2D eigenvalue weighted by atomic mass is 127. The summed E-state index contributed by atoms with van der Waals surface area (Å²) in [5.41, 5.74) is 0. The second kappa shape index (κ2) is 3.63. The topological polar surface area (TPSA) is 9.23 Å². The standard InChI is InChI=1S/C9H6ClIOS/c1-12-8-4-5-7(11)3-2-6(10)9(5)13-8/h2-4H,1H3. The van der Waals surface area contributed by atoms with Gasteiger partial charge in [0.15, 0.2) is 5.06 Å². The van der Waals surface area contributed by atoms with Crippen LogP contribution in [0.2, 0.25) is 5.02 Å². The molecule has 0 radical (unpaired) electrons. The number of thiophene rings is 1. The molecule has 68 valence electrons. The van der Waals surface area contributed by atoms with Gasteiger partial charge in [0, 0.05) is 15.0 Å². The first-order valence-corrected chi connectivity index (χ1v) is 5.91. The van der Waals surface area contributed by atoms with Crippen molar-refractivity contribution in [2.45, 2.75) is 0 Å². The number of ether oxygens (including phenoxy) is 1. The van der Waals surface area contributed by atoms with Crippen molar-refractivity contribution in [3.63, 3.8) is 0 Å². The third-order valence-electron chi connectivity index (χ3n) is 1.76. The lowest BCUT2D eigenvalue weighted by Crippen LogP contribution is -1.74. The first-order chi connectivity index (χ1) is 6.22. The minimum atomic E-state index is 0.795. The van der Waals surface area contributed by atoms with Gasteiger partial charge in [0.1, 0.15) is 0 Å². The van der Waals surface area contributed by atoms with Crippen LogP contribution in [0.25, 0.3) is 10.1 Å². The van der Waals surface area contributed by atoms with Crippen molar-refractivity contribution in [2.75, 3.05) is 7.11 Å². The Bertz CT molecular complexity index is 413. The first kappa shape index (κ1) is 9.55. The average Bonchev–Trinajstić information content (AvgIpc) is 2.56. The van der Waals surface area contributed by atoms with Crippen molar-refractivity contribution >= 4 is 55.6 Å². The molecule has 0 fully saturated rings. The third kappa shape index (κ3) is 1.65. The molecule has 0 atom stereocenters. The number of methoxy groups -OCH3 is 1. The van der Waals surface area contributed by atoms with Crippen LogP contribution in [0.15, 0.2) is 18.2 Å². The third-order valence-corrected chi connectivity index (χ3v) is 4.26. The normalized spacial score (nSPS) is 10.7. The number of benzene rings is 1. The Morgan fingerprint density at radius 1 is 1.46 bits per heavy atom. The Morgan fingerprint density at radius 3 is 2.85 bits per heavy atom. The summed E-state index contributed by atoms with van der Waals surface area (Å²) in [6.07, 6.45) is 0. The zero-order valence-electron chi connectivity index (χ0n) is 6.80. The molecule has 1 heterocycles. The number of fused-ring (bicyclic) bond motifs is 1. The smallest absolute Gasteiger partial charge is 0.174 e. The van der Waals surface area contributed by atoms with Crippen LogP contribution in [-0.2, 0) is 0 Å². The predicted molar refractivity (Wildman–Crippen MR) is 66.1 cm³/mol. The van der Waals surface area contributed by atoms with Gasteiger partial charge in [-0.1, -0.05) is 22.9 Å². The monoisotopic (exact) mass is 324 g/mol. The maximum absolute atomic E-state index is 6.05. The van der Waals surface area contributed by atoms with Gasteiger partial charge in [-0.2, -0.15) is 0 Å². The van der Waals surface area contributed by atoms with Crippen LogP contribution in [-0.4, -0.2) is 7.11 Å². The van der Waals surface area contributed by atoms with Crippen LogP contribution in [0.1, 0.15) is 0 Å². The van der Waals surface area contributed by atoms with E-state index in [2.05, 4.69) is 22.6 Å². The van der Waals surface area contributed by atoms with Crippen molar-refractivity contribution in [2.24, 2.45) is 0 Å². The summed E-state index contributed by atoms with van der Waals surface area (Å²) in [5.74, 6) is 0. The highest BCUT2D eigenvalue weighted by molar-refractivity contribution is 14.1. The number of hydrogen-bond acceptors (Lipinski definition) is 2. The fourth-order valence-corrected chi connectivity index (χ4v) is 3.11. The van der Waals surface area contributed by atoms with Crippen molar-refractivity contribution in [3.8, 4) is 5.06 Å². The molecule has 0 bridgehead atoms. The van der Waals surface area contributed by atoms with E-state index in [9.17, 15) is 0 Å². The highest BCUT2D eigenvalue weighted by Gasteiger charge is 2.07. The van der Waals surface area contributed by atoms with Crippen molar-refractivity contribution in [1.29, 1.82) is 0 Å². The van der Waals surface area contributed by atoms with E-state index in [1.807, 2.05) is 18.2 Å². The van der Waals surface area contributed by atoms with E-state index >= 15 is 0 Å². The van der Waals surface area contributed by atoms with Crippen LogP contribution in [0, 0.1) is 3.57 Å². The highest BCUT2D eigenvalue weighted by Crippen LogP contribution is 2.38. The SMILES string of the molecule is COc1cc2c(I)ccc(Cl)c2s1. The molecular weight excluding hydrogens is 319 g/mol. The average molecular weight is 325 g/mol. The molecule has 0 aliphatic heterocycles. The zero-order valence-corrected chi connectivity index (χ0v) is 10.5. The van der Waals surface area contributed by atoms with Crippen LogP contribution in [0.3, 0.4) is 0 Å². The largest absolute Gasteiger partial charge is 0.487 e. The van der Waals surface area contributed by atoms with Gasteiger partial charge in [-0.05, 0) is 34.7 Å². The molecule has 0 saturated heterocycles. The lowest BCUT2D eigenvalue weighted by atomic mass is 10.3. The van der Waals surface area contributed by atoms with Crippen molar-refractivity contribution in [3.05, 3.63) is 26.8 Å². The van der Waals surface area contributed by atoms with Crippen LogP contribution in [0.4, 0.5) is 0 Å². The Labute approximate surface area is 98.8 Å². The second-order valence-electron chi connectivity index (χ2n) is 2.54. The minimum Gasteiger partial charge on any atom is -0.487 e. The van der Waals surface area contributed by atoms with Gasteiger partial charge in [0.05, 0.1) is 16.8 Å². The number of hydrogen-bond donors (Lipinski definition) is 0. The van der Waals surface area contributed by atoms with E-state index in [-0.39, 0.29) is 0 Å².